The minimum Gasteiger partial charge on any atom is -0.396 e. The lowest BCUT2D eigenvalue weighted by atomic mass is 10.1. The topological polar surface area (TPSA) is 64.1 Å². The molecule has 3 N–H and O–H groups in total. The summed E-state index contributed by atoms with van der Waals surface area (Å²) in [5.74, 6) is 2.56. The third kappa shape index (κ3) is 1.71. The summed E-state index contributed by atoms with van der Waals surface area (Å²) < 4.78 is 0. The minimum atomic E-state index is -0.0406. The highest BCUT2D eigenvalue weighted by molar-refractivity contribution is 4.98. The molecule has 0 bridgehead atoms. The van der Waals surface area contributed by atoms with Crippen molar-refractivity contribution in [3.63, 3.8) is 0 Å². The van der Waals surface area contributed by atoms with Gasteiger partial charge in [0.05, 0.1) is 5.66 Å². The number of aliphatic hydroxyl groups excluding tert-OH is 1. The molecule has 0 aliphatic carbocycles. The predicted molar refractivity (Wildman–Crippen MR) is 38.8 cm³/mol. The van der Waals surface area contributed by atoms with Crippen LogP contribution >= 0.6 is 0 Å². The first-order valence-corrected chi connectivity index (χ1v) is 3.42. The van der Waals surface area contributed by atoms with Crippen LogP contribution in [0.4, 0.5) is 0 Å². The normalized spacial score (nSPS) is 20.0. The van der Waals surface area contributed by atoms with Gasteiger partial charge in [-0.25, -0.2) is 10.9 Å². The molecule has 0 amide bonds. The Hall–Kier alpha value is -0.560. The zero-order chi connectivity index (χ0) is 7.45. The van der Waals surface area contributed by atoms with Gasteiger partial charge < -0.3 is 5.11 Å². The fraction of sp³-hybridized carbons (Fsp3) is 0.714. The Morgan fingerprint density at radius 3 is 2.50 bits per heavy atom. The van der Waals surface area contributed by atoms with Gasteiger partial charge in [0.15, 0.2) is 0 Å². The first-order valence-electron chi connectivity index (χ1n) is 3.42. The van der Waals surface area contributed by atoms with Crippen molar-refractivity contribution in [1.29, 1.82) is 0 Å². The molecule has 1 aliphatic rings. The van der Waals surface area contributed by atoms with E-state index in [1.54, 1.807) is 0 Å². The van der Waals surface area contributed by atoms with E-state index in [4.69, 9.17) is 11.5 Å². The Morgan fingerprint density at radius 2 is 2.10 bits per heavy atom. The Kier molecular flexibility index (Phi) is 2.28. The summed E-state index contributed by atoms with van der Waals surface area (Å²) >= 11 is 0. The Labute approximate surface area is 60.8 Å². The van der Waals surface area contributed by atoms with E-state index >= 15 is 0 Å². The van der Waals surface area contributed by atoms with Gasteiger partial charge in [-0.2, -0.15) is 0 Å². The molecule has 56 valence electrons. The van der Waals surface area contributed by atoms with E-state index in [0.29, 0.717) is 0 Å². The van der Waals surface area contributed by atoms with Gasteiger partial charge in [0.1, 0.15) is 0 Å². The highest BCUT2D eigenvalue weighted by atomic mass is 16.3. The molecule has 10 heavy (non-hydrogen) atoms. The number of nitrogens with one attached hydrogen (secondary N) is 2. The number of hydrogen-bond acceptors (Lipinski definition) is 3. The number of terminal acetylenes is 1. The summed E-state index contributed by atoms with van der Waals surface area (Å²) in [4.78, 5) is 0. The van der Waals surface area contributed by atoms with Crippen molar-refractivity contribution < 1.29 is 5.11 Å². The standard InChI is InChI=1S/C7H12N2O/c1-2-3-4-7(5-6-10)8-9-7/h1,8-10H,3-6H2. The van der Waals surface area contributed by atoms with Crippen molar-refractivity contribution >= 4 is 0 Å². The molecular formula is C7H12N2O. The molecule has 0 spiro atoms. The van der Waals surface area contributed by atoms with Crippen molar-refractivity contribution in [3.8, 4) is 12.3 Å². The average Bonchev–Trinajstić information content (AvgIpc) is 2.67. The second kappa shape index (κ2) is 3.02. The van der Waals surface area contributed by atoms with Crippen LogP contribution in [0.3, 0.4) is 0 Å². The lowest BCUT2D eigenvalue weighted by Gasteiger charge is -2.05. The maximum absolute atomic E-state index is 8.61. The second-order valence-electron chi connectivity index (χ2n) is 2.51. The highest BCUT2D eigenvalue weighted by Gasteiger charge is 2.39. The zero-order valence-electron chi connectivity index (χ0n) is 5.85. The molecule has 3 heteroatoms. The van der Waals surface area contributed by atoms with Crippen LogP contribution in [0, 0.1) is 12.3 Å². The van der Waals surface area contributed by atoms with Crippen molar-refractivity contribution in [2.45, 2.75) is 24.9 Å². The molecule has 1 rings (SSSR count). The van der Waals surface area contributed by atoms with Crippen LogP contribution in [0.1, 0.15) is 19.3 Å². The maximum atomic E-state index is 8.61. The Bertz CT molecular complexity index is 146. The number of rotatable bonds is 4. The molecule has 0 unspecified atom stereocenters. The minimum absolute atomic E-state index is 0.0406. The van der Waals surface area contributed by atoms with Gasteiger partial charge >= 0.3 is 0 Å². The number of hydrazine groups is 1. The summed E-state index contributed by atoms with van der Waals surface area (Å²) in [6, 6.07) is 0. The van der Waals surface area contributed by atoms with E-state index in [1.807, 2.05) is 0 Å². The van der Waals surface area contributed by atoms with Crippen molar-refractivity contribution in [3.05, 3.63) is 0 Å². The van der Waals surface area contributed by atoms with Crippen LogP contribution in [0.25, 0.3) is 0 Å². The molecule has 1 aliphatic heterocycles. The Balaban J connectivity index is 2.18. The zero-order valence-corrected chi connectivity index (χ0v) is 5.85. The van der Waals surface area contributed by atoms with Gasteiger partial charge in [-0.05, 0) is 6.42 Å². The van der Waals surface area contributed by atoms with Crippen molar-refractivity contribution in [1.82, 2.24) is 10.9 Å². The van der Waals surface area contributed by atoms with E-state index in [2.05, 4.69) is 16.8 Å². The van der Waals surface area contributed by atoms with Gasteiger partial charge in [0.2, 0.25) is 0 Å². The van der Waals surface area contributed by atoms with E-state index in [-0.39, 0.29) is 12.3 Å². The highest BCUT2D eigenvalue weighted by Crippen LogP contribution is 2.20. The Morgan fingerprint density at radius 1 is 1.40 bits per heavy atom. The molecule has 1 saturated heterocycles. The van der Waals surface area contributed by atoms with Gasteiger partial charge in [-0.15, -0.1) is 12.3 Å². The van der Waals surface area contributed by atoms with Crippen LogP contribution in [0.15, 0.2) is 0 Å². The van der Waals surface area contributed by atoms with Crippen LogP contribution in [-0.2, 0) is 0 Å². The van der Waals surface area contributed by atoms with E-state index in [9.17, 15) is 0 Å². The van der Waals surface area contributed by atoms with Gasteiger partial charge in [-0.1, -0.05) is 0 Å². The molecule has 1 heterocycles. The summed E-state index contributed by atoms with van der Waals surface area (Å²) in [7, 11) is 0. The fourth-order valence-corrected chi connectivity index (χ4v) is 0.940. The summed E-state index contributed by atoms with van der Waals surface area (Å²) in [6.07, 6.45) is 7.47. The smallest absolute Gasteiger partial charge is 0.0974 e. The maximum Gasteiger partial charge on any atom is 0.0974 e. The quantitative estimate of drug-likeness (QED) is 0.367. The van der Waals surface area contributed by atoms with Gasteiger partial charge in [0, 0.05) is 19.4 Å². The molecule has 0 saturated carbocycles. The van der Waals surface area contributed by atoms with Crippen LogP contribution in [0.2, 0.25) is 0 Å². The molecule has 0 radical (unpaired) electrons. The SMILES string of the molecule is C#CCCC1(CCO)NN1. The number of hydrogen-bond donors (Lipinski definition) is 3. The summed E-state index contributed by atoms with van der Waals surface area (Å²) in [6.45, 7) is 0.199. The largest absolute Gasteiger partial charge is 0.396 e. The molecule has 0 aromatic carbocycles. The van der Waals surface area contributed by atoms with E-state index in [0.717, 1.165) is 19.3 Å². The van der Waals surface area contributed by atoms with Gasteiger partial charge in [-0.3, -0.25) is 0 Å². The first-order chi connectivity index (χ1) is 4.83. The molecule has 1 fully saturated rings. The lowest BCUT2D eigenvalue weighted by molar-refractivity contribution is 0.263. The molecule has 0 aromatic rings. The summed E-state index contributed by atoms with van der Waals surface area (Å²) in [5.41, 5.74) is 5.92. The summed E-state index contributed by atoms with van der Waals surface area (Å²) in [5, 5.41) is 8.61. The van der Waals surface area contributed by atoms with E-state index in [1.165, 1.54) is 0 Å². The number of aliphatic hydroxyl groups is 1. The van der Waals surface area contributed by atoms with Crippen LogP contribution < -0.4 is 10.9 Å². The van der Waals surface area contributed by atoms with Crippen molar-refractivity contribution in [2.75, 3.05) is 6.61 Å². The molecule has 0 atom stereocenters. The lowest BCUT2D eigenvalue weighted by Crippen LogP contribution is -2.18. The third-order valence-electron chi connectivity index (χ3n) is 1.71. The second-order valence-corrected chi connectivity index (χ2v) is 2.51. The monoisotopic (exact) mass is 140 g/mol. The van der Waals surface area contributed by atoms with Crippen molar-refractivity contribution in [2.24, 2.45) is 0 Å². The van der Waals surface area contributed by atoms with E-state index < -0.39 is 0 Å². The fourth-order valence-electron chi connectivity index (χ4n) is 0.940. The predicted octanol–water partition coefficient (Wildman–Crippen LogP) is -0.414. The van der Waals surface area contributed by atoms with Crippen LogP contribution in [0.5, 0.6) is 0 Å². The third-order valence-corrected chi connectivity index (χ3v) is 1.71. The van der Waals surface area contributed by atoms with Crippen LogP contribution in [-0.4, -0.2) is 17.4 Å². The average molecular weight is 140 g/mol. The molecular weight excluding hydrogens is 128 g/mol. The molecule has 3 nitrogen and oxygen atoms in total. The van der Waals surface area contributed by atoms with Gasteiger partial charge in [0.25, 0.3) is 0 Å². The molecule has 0 aromatic heterocycles. The first kappa shape index (κ1) is 7.55.